The van der Waals surface area contributed by atoms with E-state index in [4.69, 9.17) is 16.1 Å². The smallest absolute Gasteiger partial charge is 0.336 e. The van der Waals surface area contributed by atoms with Crippen LogP contribution in [0.2, 0.25) is 5.02 Å². The first-order chi connectivity index (χ1) is 11.1. The number of hydrogen-bond acceptors (Lipinski definition) is 2. The Morgan fingerprint density at radius 1 is 1.09 bits per heavy atom. The minimum atomic E-state index is -0.251. The molecule has 1 atom stereocenters. The SMILES string of the molecule is Cn1oc(=O)c2c1CCc1ccccc1C2c1ccc(Cl)cc1. The Morgan fingerprint density at radius 3 is 2.61 bits per heavy atom. The summed E-state index contributed by atoms with van der Waals surface area (Å²) in [7, 11) is 1.80. The Morgan fingerprint density at radius 2 is 1.83 bits per heavy atom. The molecule has 1 aromatic heterocycles. The van der Waals surface area contributed by atoms with Crippen molar-refractivity contribution in [1.29, 1.82) is 0 Å². The van der Waals surface area contributed by atoms with Crippen LogP contribution in [0.3, 0.4) is 0 Å². The van der Waals surface area contributed by atoms with Crippen LogP contribution >= 0.6 is 11.6 Å². The average molecular weight is 326 g/mol. The van der Waals surface area contributed by atoms with E-state index in [1.807, 2.05) is 30.3 Å². The third-order valence-corrected chi connectivity index (χ3v) is 4.87. The fourth-order valence-corrected chi connectivity index (χ4v) is 3.67. The highest BCUT2D eigenvalue weighted by Gasteiger charge is 2.31. The summed E-state index contributed by atoms with van der Waals surface area (Å²) in [5, 5.41) is 0.691. The van der Waals surface area contributed by atoms with E-state index in [0.29, 0.717) is 5.02 Å². The summed E-state index contributed by atoms with van der Waals surface area (Å²) in [4.78, 5) is 12.5. The maximum absolute atomic E-state index is 12.5. The van der Waals surface area contributed by atoms with Crippen LogP contribution in [0, 0.1) is 0 Å². The molecular formula is C19H16ClNO2. The first kappa shape index (κ1) is 14.3. The third kappa shape index (κ3) is 2.32. The maximum atomic E-state index is 12.5. The Kier molecular flexibility index (Phi) is 3.38. The van der Waals surface area contributed by atoms with Crippen molar-refractivity contribution >= 4 is 11.6 Å². The highest BCUT2D eigenvalue weighted by Crippen LogP contribution is 2.37. The van der Waals surface area contributed by atoms with Gasteiger partial charge in [-0.3, -0.25) is 0 Å². The minimum absolute atomic E-state index is 0.113. The second-order valence-electron chi connectivity index (χ2n) is 5.92. The van der Waals surface area contributed by atoms with Crippen molar-refractivity contribution in [3.63, 3.8) is 0 Å². The van der Waals surface area contributed by atoms with Crippen LogP contribution in [0.1, 0.15) is 33.9 Å². The highest BCUT2D eigenvalue weighted by molar-refractivity contribution is 6.30. The Bertz CT molecular complexity index is 921. The van der Waals surface area contributed by atoms with Crippen LogP contribution < -0.4 is 5.63 Å². The molecule has 2 aromatic carbocycles. The van der Waals surface area contributed by atoms with E-state index < -0.39 is 0 Å². The number of aryl methyl sites for hydroxylation is 2. The molecule has 4 heteroatoms. The second-order valence-corrected chi connectivity index (χ2v) is 6.36. The molecule has 1 unspecified atom stereocenters. The van der Waals surface area contributed by atoms with Crippen molar-refractivity contribution in [2.75, 3.05) is 0 Å². The molecule has 0 N–H and O–H groups in total. The first-order valence-corrected chi connectivity index (χ1v) is 8.05. The number of fused-ring (bicyclic) bond motifs is 2. The summed E-state index contributed by atoms with van der Waals surface area (Å²) in [5.74, 6) is -0.113. The molecule has 0 spiro atoms. The van der Waals surface area contributed by atoms with Crippen molar-refractivity contribution in [2.24, 2.45) is 7.05 Å². The Hall–Kier alpha value is -2.26. The molecule has 1 heterocycles. The Balaban J connectivity index is 2.02. The summed E-state index contributed by atoms with van der Waals surface area (Å²) in [6, 6.07) is 16.1. The molecule has 0 aliphatic heterocycles. The maximum Gasteiger partial charge on any atom is 0.361 e. The standard InChI is InChI=1S/C19H16ClNO2/c1-21-16-11-8-12-4-2-3-5-15(12)17(18(16)19(22)23-21)13-6-9-14(20)10-7-13/h2-7,9-10,17H,8,11H2,1H3. The molecule has 3 aromatic rings. The number of hydrogen-bond donors (Lipinski definition) is 0. The zero-order valence-corrected chi connectivity index (χ0v) is 13.5. The summed E-state index contributed by atoms with van der Waals surface area (Å²) in [6.07, 6.45) is 1.71. The molecule has 0 bridgehead atoms. The zero-order valence-electron chi connectivity index (χ0n) is 12.8. The zero-order chi connectivity index (χ0) is 16.0. The van der Waals surface area contributed by atoms with Gasteiger partial charge in [0, 0.05) is 18.0 Å². The number of nitrogens with zero attached hydrogens (tertiary/aromatic N) is 1. The first-order valence-electron chi connectivity index (χ1n) is 7.67. The van der Waals surface area contributed by atoms with Crippen molar-refractivity contribution in [3.8, 4) is 0 Å². The molecule has 0 radical (unpaired) electrons. The van der Waals surface area contributed by atoms with Gasteiger partial charge in [0.15, 0.2) is 0 Å². The van der Waals surface area contributed by atoms with Crippen LogP contribution in [-0.2, 0) is 19.9 Å². The van der Waals surface area contributed by atoms with E-state index in [2.05, 4.69) is 18.2 Å². The van der Waals surface area contributed by atoms with Crippen LogP contribution in [0.25, 0.3) is 0 Å². The topological polar surface area (TPSA) is 35.1 Å². The van der Waals surface area contributed by atoms with Gasteiger partial charge in [-0.15, -0.1) is 0 Å². The summed E-state index contributed by atoms with van der Waals surface area (Å²) < 4.78 is 6.97. The molecule has 1 aliphatic carbocycles. The second kappa shape index (κ2) is 5.43. The van der Waals surface area contributed by atoms with E-state index in [9.17, 15) is 4.79 Å². The normalized spacial score (nSPS) is 16.5. The predicted molar refractivity (Wildman–Crippen MR) is 90.2 cm³/mol. The van der Waals surface area contributed by atoms with Gasteiger partial charge in [-0.05, 0) is 41.7 Å². The van der Waals surface area contributed by atoms with Crippen molar-refractivity contribution in [3.05, 3.63) is 91.9 Å². The van der Waals surface area contributed by atoms with Gasteiger partial charge < -0.3 is 4.52 Å². The molecule has 0 amide bonds. The quantitative estimate of drug-likeness (QED) is 0.680. The number of rotatable bonds is 1. The van der Waals surface area contributed by atoms with Gasteiger partial charge in [-0.2, -0.15) is 0 Å². The molecule has 0 fully saturated rings. The van der Waals surface area contributed by atoms with Gasteiger partial charge in [-0.1, -0.05) is 48.0 Å². The molecule has 0 saturated heterocycles. The van der Waals surface area contributed by atoms with Crippen LogP contribution in [0.15, 0.2) is 57.8 Å². The number of halogens is 1. The van der Waals surface area contributed by atoms with E-state index in [1.54, 1.807) is 11.8 Å². The molecule has 23 heavy (non-hydrogen) atoms. The lowest BCUT2D eigenvalue weighted by Crippen LogP contribution is -2.13. The van der Waals surface area contributed by atoms with Crippen LogP contribution in [-0.4, -0.2) is 4.74 Å². The van der Waals surface area contributed by atoms with E-state index in [0.717, 1.165) is 29.7 Å². The number of aromatic nitrogens is 1. The van der Waals surface area contributed by atoms with Gasteiger partial charge in [0.2, 0.25) is 0 Å². The lowest BCUT2D eigenvalue weighted by atomic mass is 9.84. The largest absolute Gasteiger partial charge is 0.361 e. The van der Waals surface area contributed by atoms with Crippen LogP contribution in [0.5, 0.6) is 0 Å². The molecule has 116 valence electrons. The minimum Gasteiger partial charge on any atom is -0.336 e. The molecular weight excluding hydrogens is 310 g/mol. The predicted octanol–water partition coefficient (Wildman–Crippen LogP) is 3.91. The van der Waals surface area contributed by atoms with Gasteiger partial charge >= 0.3 is 5.63 Å². The lowest BCUT2D eigenvalue weighted by Gasteiger charge is -2.18. The van der Waals surface area contributed by atoms with E-state index >= 15 is 0 Å². The van der Waals surface area contributed by atoms with Crippen LogP contribution in [0.4, 0.5) is 0 Å². The highest BCUT2D eigenvalue weighted by atomic mass is 35.5. The molecule has 1 aliphatic rings. The summed E-state index contributed by atoms with van der Waals surface area (Å²) >= 11 is 6.03. The Labute approximate surface area is 139 Å². The van der Waals surface area contributed by atoms with Crippen molar-refractivity contribution in [1.82, 2.24) is 4.74 Å². The van der Waals surface area contributed by atoms with Gasteiger partial charge in [0.05, 0.1) is 11.3 Å². The molecule has 4 rings (SSSR count). The fourth-order valence-electron chi connectivity index (χ4n) is 3.55. The van der Waals surface area contributed by atoms with Crippen molar-refractivity contribution in [2.45, 2.75) is 18.8 Å². The van der Waals surface area contributed by atoms with E-state index in [-0.39, 0.29) is 11.5 Å². The number of benzene rings is 2. The molecule has 3 nitrogen and oxygen atoms in total. The van der Waals surface area contributed by atoms with E-state index in [1.165, 1.54) is 11.1 Å². The van der Waals surface area contributed by atoms with Crippen molar-refractivity contribution < 1.29 is 4.52 Å². The van der Waals surface area contributed by atoms with Gasteiger partial charge in [0.1, 0.15) is 0 Å². The monoisotopic (exact) mass is 325 g/mol. The third-order valence-electron chi connectivity index (χ3n) is 4.62. The van der Waals surface area contributed by atoms with Gasteiger partial charge in [-0.25, -0.2) is 9.53 Å². The lowest BCUT2D eigenvalue weighted by molar-refractivity contribution is 0.276. The van der Waals surface area contributed by atoms with Gasteiger partial charge in [0.25, 0.3) is 0 Å². The summed E-state index contributed by atoms with van der Waals surface area (Å²) in [5.41, 5.74) is 4.99. The fraction of sp³-hybridized carbons (Fsp3) is 0.211. The average Bonchev–Trinajstić information content (AvgIpc) is 2.73. The summed E-state index contributed by atoms with van der Waals surface area (Å²) in [6.45, 7) is 0. The molecule has 0 saturated carbocycles.